The second-order valence-electron chi connectivity index (χ2n) is 20.2. The van der Waals surface area contributed by atoms with Crippen LogP contribution in [0, 0.1) is 0 Å². The first kappa shape index (κ1) is 70.8. The molecule has 0 aliphatic heterocycles. The van der Waals surface area contributed by atoms with Gasteiger partial charge in [0.25, 0.3) is 0 Å². The Balaban J connectivity index is 4.21. The van der Waals surface area contributed by atoms with Crippen molar-refractivity contribution in [3.05, 3.63) is 122 Å². The molecule has 0 spiro atoms. The number of esters is 3. The van der Waals surface area contributed by atoms with Gasteiger partial charge in [0.05, 0.1) is 0 Å². The maximum Gasteiger partial charge on any atom is 0.306 e. The van der Waals surface area contributed by atoms with Crippen LogP contribution in [-0.4, -0.2) is 37.2 Å². The van der Waals surface area contributed by atoms with Gasteiger partial charge in [-0.3, -0.25) is 14.4 Å². The molecular formula is C69H114O6. The summed E-state index contributed by atoms with van der Waals surface area (Å²) >= 11 is 0. The summed E-state index contributed by atoms with van der Waals surface area (Å²) in [6.07, 6.45) is 86.4. The van der Waals surface area contributed by atoms with Crippen molar-refractivity contribution in [1.82, 2.24) is 0 Å². The fourth-order valence-electron chi connectivity index (χ4n) is 8.28. The Morgan fingerprint density at radius 1 is 0.280 bits per heavy atom. The van der Waals surface area contributed by atoms with E-state index < -0.39 is 6.10 Å². The summed E-state index contributed by atoms with van der Waals surface area (Å²) in [7, 11) is 0. The Hall–Kier alpha value is -4.19. The normalized spacial score (nSPS) is 12.9. The predicted molar refractivity (Wildman–Crippen MR) is 325 cm³/mol. The molecule has 75 heavy (non-hydrogen) atoms. The smallest absolute Gasteiger partial charge is 0.306 e. The summed E-state index contributed by atoms with van der Waals surface area (Å²) in [5, 5.41) is 0. The van der Waals surface area contributed by atoms with Crippen LogP contribution >= 0.6 is 0 Å². The maximum absolute atomic E-state index is 12.8. The fourth-order valence-corrected chi connectivity index (χ4v) is 8.28. The molecule has 0 aliphatic carbocycles. The van der Waals surface area contributed by atoms with E-state index in [4.69, 9.17) is 14.2 Å². The van der Waals surface area contributed by atoms with E-state index in [1.165, 1.54) is 89.9 Å². The van der Waals surface area contributed by atoms with Gasteiger partial charge in [0.2, 0.25) is 0 Å². The quantitative estimate of drug-likeness (QED) is 0.0261. The summed E-state index contributed by atoms with van der Waals surface area (Å²) < 4.78 is 16.8. The molecule has 0 amide bonds. The summed E-state index contributed by atoms with van der Waals surface area (Å²) in [6.45, 7) is 6.43. The topological polar surface area (TPSA) is 78.9 Å². The number of ether oxygens (including phenoxy) is 3. The molecule has 6 heteroatoms. The number of carbonyl (C=O) groups is 3. The van der Waals surface area contributed by atoms with Gasteiger partial charge in [-0.15, -0.1) is 0 Å². The minimum Gasteiger partial charge on any atom is -0.462 e. The molecule has 0 fully saturated rings. The van der Waals surface area contributed by atoms with Crippen LogP contribution in [0.4, 0.5) is 0 Å². The Morgan fingerprint density at radius 2 is 0.547 bits per heavy atom. The molecule has 0 aromatic heterocycles. The van der Waals surface area contributed by atoms with E-state index >= 15 is 0 Å². The molecule has 0 aromatic carbocycles. The zero-order valence-corrected chi connectivity index (χ0v) is 48.8. The lowest BCUT2D eigenvalue weighted by Gasteiger charge is -2.18. The van der Waals surface area contributed by atoms with E-state index in [0.717, 1.165) is 148 Å². The minimum atomic E-state index is -0.790. The molecule has 0 aliphatic rings. The molecule has 0 saturated heterocycles. The maximum atomic E-state index is 12.8. The highest BCUT2D eigenvalue weighted by Crippen LogP contribution is 2.15. The average molecular weight is 1040 g/mol. The molecule has 0 radical (unpaired) electrons. The zero-order chi connectivity index (χ0) is 54.3. The van der Waals surface area contributed by atoms with Crippen molar-refractivity contribution in [3.8, 4) is 0 Å². The number of allylic oxidation sites excluding steroid dienone is 20. The van der Waals surface area contributed by atoms with E-state index in [1.807, 2.05) is 0 Å². The van der Waals surface area contributed by atoms with Crippen LogP contribution in [0.25, 0.3) is 0 Å². The first-order valence-corrected chi connectivity index (χ1v) is 31.0. The van der Waals surface area contributed by atoms with E-state index in [-0.39, 0.29) is 31.1 Å². The number of rotatable bonds is 55. The van der Waals surface area contributed by atoms with Crippen LogP contribution in [0.3, 0.4) is 0 Å². The molecule has 6 nitrogen and oxygen atoms in total. The van der Waals surface area contributed by atoms with Crippen molar-refractivity contribution in [2.75, 3.05) is 13.2 Å². The van der Waals surface area contributed by atoms with Crippen molar-refractivity contribution in [2.24, 2.45) is 0 Å². The van der Waals surface area contributed by atoms with Crippen molar-refractivity contribution in [1.29, 1.82) is 0 Å². The Morgan fingerprint density at radius 3 is 0.880 bits per heavy atom. The molecule has 0 heterocycles. The SMILES string of the molecule is CC/C=C\C/C=C\C/C=C\C/C=C\C/C=C\C/C=C\C/C=C\C/C=C\CCCCCCCCCCC(=O)OCC(COC(=O)CCCCCCC/C=C\CCC)OC(=O)CCCCCCC/C=C\CCCCCCC. The van der Waals surface area contributed by atoms with Gasteiger partial charge >= 0.3 is 17.9 Å². The fraction of sp³-hybridized carbons (Fsp3) is 0.667. The summed E-state index contributed by atoms with van der Waals surface area (Å²) in [6, 6.07) is 0. The molecule has 1 unspecified atom stereocenters. The first-order chi connectivity index (χ1) is 37.0. The first-order valence-electron chi connectivity index (χ1n) is 31.0. The lowest BCUT2D eigenvalue weighted by Crippen LogP contribution is -2.30. The van der Waals surface area contributed by atoms with Crippen LogP contribution in [0.2, 0.25) is 0 Å². The van der Waals surface area contributed by atoms with Crippen molar-refractivity contribution in [3.63, 3.8) is 0 Å². The van der Waals surface area contributed by atoms with Crippen molar-refractivity contribution < 1.29 is 28.6 Å². The average Bonchev–Trinajstić information content (AvgIpc) is 3.41. The zero-order valence-electron chi connectivity index (χ0n) is 48.8. The van der Waals surface area contributed by atoms with E-state index in [0.29, 0.717) is 19.3 Å². The van der Waals surface area contributed by atoms with E-state index in [2.05, 4.69) is 142 Å². The largest absolute Gasteiger partial charge is 0.462 e. The monoisotopic (exact) mass is 1040 g/mol. The second kappa shape index (κ2) is 62.4. The Kier molecular flexibility index (Phi) is 58.9. The molecular weight excluding hydrogens is 925 g/mol. The molecule has 0 rings (SSSR count). The standard InChI is InChI=1S/C69H114O6/c1-4-7-10-13-16-19-22-24-26-27-28-29-30-31-32-33-34-35-36-37-38-39-40-41-42-43-44-46-47-50-53-56-59-62-68(71)74-65-66(64-73-67(70)61-58-55-52-49-21-18-15-12-9-6-3)75-69(72)63-60-57-54-51-48-45-25-23-20-17-14-11-8-5-2/h7,10,12,15-16,19,23-26,28-29,31-32,34-35,37-38,40-41,66H,4-6,8-9,11,13-14,17-18,20-22,27,30,33,36,39,42-65H2,1-3H3/b10-7-,15-12-,19-16-,25-23-,26-24-,29-28-,32-31-,35-34-,38-37-,41-40-. The third-order valence-corrected chi connectivity index (χ3v) is 12.9. The summed E-state index contributed by atoms with van der Waals surface area (Å²) in [4.78, 5) is 38.1. The molecule has 426 valence electrons. The minimum absolute atomic E-state index is 0.0891. The van der Waals surface area contributed by atoms with Gasteiger partial charge in [-0.2, -0.15) is 0 Å². The van der Waals surface area contributed by atoms with Crippen LogP contribution in [-0.2, 0) is 28.6 Å². The molecule has 0 bridgehead atoms. The molecule has 0 aromatic rings. The van der Waals surface area contributed by atoms with Crippen LogP contribution in [0.15, 0.2) is 122 Å². The number of hydrogen-bond donors (Lipinski definition) is 0. The highest BCUT2D eigenvalue weighted by molar-refractivity contribution is 5.71. The van der Waals surface area contributed by atoms with Crippen LogP contribution < -0.4 is 0 Å². The van der Waals surface area contributed by atoms with Crippen molar-refractivity contribution in [2.45, 2.75) is 284 Å². The third-order valence-electron chi connectivity index (χ3n) is 12.9. The van der Waals surface area contributed by atoms with E-state index in [9.17, 15) is 14.4 Å². The molecule has 1 atom stereocenters. The highest BCUT2D eigenvalue weighted by atomic mass is 16.6. The Labute approximate surface area is 462 Å². The third kappa shape index (κ3) is 60.6. The van der Waals surface area contributed by atoms with Crippen LogP contribution in [0.1, 0.15) is 278 Å². The van der Waals surface area contributed by atoms with Gasteiger partial charge < -0.3 is 14.2 Å². The number of unbranched alkanes of at least 4 members (excludes halogenated alkanes) is 24. The van der Waals surface area contributed by atoms with E-state index in [1.54, 1.807) is 0 Å². The number of hydrogen-bond acceptors (Lipinski definition) is 6. The lowest BCUT2D eigenvalue weighted by molar-refractivity contribution is -0.167. The highest BCUT2D eigenvalue weighted by Gasteiger charge is 2.19. The van der Waals surface area contributed by atoms with Gasteiger partial charge in [0, 0.05) is 19.3 Å². The van der Waals surface area contributed by atoms with Gasteiger partial charge in [0.15, 0.2) is 6.10 Å². The molecule has 0 saturated carbocycles. The second-order valence-corrected chi connectivity index (χ2v) is 20.2. The molecule has 0 N–H and O–H groups in total. The van der Waals surface area contributed by atoms with Crippen molar-refractivity contribution >= 4 is 17.9 Å². The Bertz CT molecular complexity index is 1570. The van der Waals surface area contributed by atoms with Gasteiger partial charge in [-0.1, -0.05) is 251 Å². The van der Waals surface area contributed by atoms with Gasteiger partial charge in [0.1, 0.15) is 13.2 Å². The van der Waals surface area contributed by atoms with Gasteiger partial charge in [-0.05, 0) is 128 Å². The predicted octanol–water partition coefficient (Wildman–Crippen LogP) is 21.2. The number of carbonyl (C=O) groups excluding carboxylic acids is 3. The van der Waals surface area contributed by atoms with Gasteiger partial charge in [-0.25, -0.2) is 0 Å². The summed E-state index contributed by atoms with van der Waals surface area (Å²) in [5.74, 6) is -0.916. The lowest BCUT2D eigenvalue weighted by atomic mass is 10.1. The summed E-state index contributed by atoms with van der Waals surface area (Å²) in [5.41, 5.74) is 0. The van der Waals surface area contributed by atoms with Crippen LogP contribution in [0.5, 0.6) is 0 Å².